The van der Waals surface area contributed by atoms with Gasteiger partial charge in [0.05, 0.1) is 23.2 Å². The second-order valence-corrected chi connectivity index (χ2v) is 11.4. The van der Waals surface area contributed by atoms with Gasteiger partial charge in [0, 0.05) is 41.4 Å². The first kappa shape index (κ1) is 22.0. The monoisotopic (exact) mass is 463 g/mol. The van der Waals surface area contributed by atoms with Crippen molar-refractivity contribution in [2.75, 3.05) is 20.2 Å². The zero-order chi connectivity index (χ0) is 23.4. The van der Waals surface area contributed by atoms with Gasteiger partial charge in [-0.05, 0) is 42.9 Å². The topological polar surface area (TPSA) is 72.4 Å². The number of likely N-dealkylation sites (tertiary alicyclic amines) is 1. The number of Topliss-reactive ketones (excluding diaryl/α,β-unsaturated/α-hetero) is 1. The van der Waals surface area contributed by atoms with Crippen LogP contribution < -0.4 is 4.74 Å². The van der Waals surface area contributed by atoms with Crippen LogP contribution in [0.3, 0.4) is 0 Å². The van der Waals surface area contributed by atoms with Crippen LogP contribution in [0.5, 0.6) is 5.75 Å². The average molecular weight is 464 g/mol. The van der Waals surface area contributed by atoms with Gasteiger partial charge in [-0.1, -0.05) is 26.8 Å². The fourth-order valence-electron chi connectivity index (χ4n) is 4.99. The van der Waals surface area contributed by atoms with Gasteiger partial charge in [0.15, 0.2) is 5.78 Å². The zero-order valence-electron chi connectivity index (χ0n) is 19.6. The van der Waals surface area contributed by atoms with Gasteiger partial charge in [0.25, 0.3) is 5.91 Å². The van der Waals surface area contributed by atoms with Gasteiger partial charge >= 0.3 is 0 Å². The molecule has 3 heterocycles. The third-order valence-corrected chi connectivity index (χ3v) is 8.41. The number of piperidine rings is 1. The predicted octanol–water partition coefficient (Wildman–Crippen LogP) is 5.05. The van der Waals surface area contributed by atoms with E-state index in [-0.39, 0.29) is 22.5 Å². The van der Waals surface area contributed by atoms with Crippen molar-refractivity contribution >= 4 is 33.9 Å². The lowest BCUT2D eigenvalue weighted by Gasteiger charge is -2.43. The standard InChI is InChI=1S/C26H29N3O3S/c1-25(2,3)24-28-22-19(30)14-26(15-20(22)33-24)7-10-29(11-8-26)23(31)18-13-17(32-4)12-16-6-5-9-27-21(16)18/h5-6,9,12-13H,7-8,10-11,14-15H2,1-4H3. The molecule has 1 amide bonds. The second kappa shape index (κ2) is 7.90. The summed E-state index contributed by atoms with van der Waals surface area (Å²) in [6.45, 7) is 7.69. The summed E-state index contributed by atoms with van der Waals surface area (Å²) in [6, 6.07) is 7.48. The molecule has 0 atom stereocenters. The summed E-state index contributed by atoms with van der Waals surface area (Å²) in [6.07, 6.45) is 4.76. The Labute approximate surface area is 198 Å². The molecule has 172 valence electrons. The van der Waals surface area contributed by atoms with Gasteiger partial charge in [0.2, 0.25) is 0 Å². The third-order valence-electron chi connectivity index (χ3n) is 6.93. The van der Waals surface area contributed by atoms with Crippen molar-refractivity contribution in [2.45, 2.75) is 51.9 Å². The van der Waals surface area contributed by atoms with E-state index in [0.29, 0.717) is 42.0 Å². The third kappa shape index (κ3) is 3.92. The van der Waals surface area contributed by atoms with Crippen LogP contribution in [0, 0.1) is 5.41 Å². The molecular weight excluding hydrogens is 434 g/mol. The smallest absolute Gasteiger partial charge is 0.256 e. The van der Waals surface area contributed by atoms with E-state index in [1.807, 2.05) is 23.1 Å². The molecule has 3 aromatic rings. The Hall–Kier alpha value is -2.80. The van der Waals surface area contributed by atoms with E-state index in [4.69, 9.17) is 9.72 Å². The number of amides is 1. The van der Waals surface area contributed by atoms with Crippen LogP contribution in [-0.2, 0) is 11.8 Å². The Morgan fingerprint density at radius 1 is 1.18 bits per heavy atom. The van der Waals surface area contributed by atoms with Crippen LogP contribution in [0.4, 0.5) is 0 Å². The molecule has 5 rings (SSSR count). The fraction of sp³-hybridized carbons (Fsp3) is 0.462. The predicted molar refractivity (Wildman–Crippen MR) is 129 cm³/mol. The number of pyridine rings is 1. The molecule has 7 heteroatoms. The summed E-state index contributed by atoms with van der Waals surface area (Å²) in [5.74, 6) is 0.784. The number of carbonyl (C=O) groups excluding carboxylic acids is 2. The molecule has 2 aromatic heterocycles. The van der Waals surface area contributed by atoms with Crippen LogP contribution >= 0.6 is 11.3 Å². The highest BCUT2D eigenvalue weighted by molar-refractivity contribution is 7.12. The molecule has 1 aliphatic heterocycles. The lowest BCUT2D eigenvalue weighted by atomic mass is 9.68. The number of ketones is 1. The van der Waals surface area contributed by atoms with Crippen LogP contribution in [0.1, 0.15) is 70.8 Å². The number of rotatable bonds is 2. The Morgan fingerprint density at radius 2 is 1.94 bits per heavy atom. The highest BCUT2D eigenvalue weighted by Crippen LogP contribution is 2.46. The number of methoxy groups -OCH3 is 1. The van der Waals surface area contributed by atoms with Crippen LogP contribution in [0.15, 0.2) is 30.5 Å². The minimum Gasteiger partial charge on any atom is -0.497 e. The maximum Gasteiger partial charge on any atom is 0.256 e. The molecule has 1 spiro atoms. The lowest BCUT2D eigenvalue weighted by Crippen LogP contribution is -2.46. The Kier molecular flexibility index (Phi) is 5.27. The lowest BCUT2D eigenvalue weighted by molar-refractivity contribution is 0.0523. The minimum atomic E-state index is -0.0722. The molecule has 0 N–H and O–H groups in total. The van der Waals surface area contributed by atoms with E-state index in [1.165, 1.54) is 0 Å². The summed E-state index contributed by atoms with van der Waals surface area (Å²) >= 11 is 1.69. The molecule has 0 bridgehead atoms. The van der Waals surface area contributed by atoms with E-state index in [2.05, 4.69) is 25.8 Å². The quantitative estimate of drug-likeness (QED) is 0.532. The number of carbonyl (C=O) groups is 2. The number of benzene rings is 1. The van der Waals surface area contributed by atoms with Crippen molar-refractivity contribution in [2.24, 2.45) is 5.41 Å². The number of thiazole rings is 1. The molecule has 33 heavy (non-hydrogen) atoms. The number of aromatic nitrogens is 2. The van der Waals surface area contributed by atoms with Crippen molar-refractivity contribution in [1.82, 2.24) is 14.9 Å². The first-order chi connectivity index (χ1) is 15.7. The van der Waals surface area contributed by atoms with Crippen molar-refractivity contribution < 1.29 is 14.3 Å². The highest BCUT2D eigenvalue weighted by Gasteiger charge is 2.44. The Bertz CT molecular complexity index is 1250. The van der Waals surface area contributed by atoms with Crippen molar-refractivity contribution in [3.05, 3.63) is 51.6 Å². The van der Waals surface area contributed by atoms with Gasteiger partial charge in [-0.3, -0.25) is 14.6 Å². The average Bonchev–Trinajstić information content (AvgIpc) is 3.23. The van der Waals surface area contributed by atoms with E-state index in [0.717, 1.165) is 34.5 Å². The van der Waals surface area contributed by atoms with Gasteiger partial charge < -0.3 is 9.64 Å². The first-order valence-electron chi connectivity index (χ1n) is 11.4. The molecule has 0 radical (unpaired) electrons. The van der Waals surface area contributed by atoms with Crippen molar-refractivity contribution in [3.8, 4) is 5.75 Å². The summed E-state index contributed by atoms with van der Waals surface area (Å²) < 4.78 is 5.42. The Morgan fingerprint density at radius 3 is 2.64 bits per heavy atom. The maximum atomic E-state index is 13.5. The molecule has 2 aliphatic rings. The van der Waals surface area contributed by atoms with Gasteiger partial charge in [0.1, 0.15) is 11.4 Å². The zero-order valence-corrected chi connectivity index (χ0v) is 20.4. The highest BCUT2D eigenvalue weighted by atomic mass is 32.1. The van der Waals surface area contributed by atoms with Crippen LogP contribution in [-0.4, -0.2) is 46.8 Å². The number of ether oxygens (including phenoxy) is 1. The normalized spacial score (nSPS) is 17.9. The number of nitrogens with zero attached hydrogens (tertiary/aromatic N) is 3. The number of fused-ring (bicyclic) bond motifs is 2. The Balaban J connectivity index is 1.37. The van der Waals surface area contributed by atoms with E-state index < -0.39 is 0 Å². The number of hydrogen-bond donors (Lipinski definition) is 0. The summed E-state index contributed by atoms with van der Waals surface area (Å²) in [5.41, 5.74) is 1.82. The largest absolute Gasteiger partial charge is 0.497 e. The van der Waals surface area contributed by atoms with E-state index in [9.17, 15) is 9.59 Å². The van der Waals surface area contributed by atoms with E-state index >= 15 is 0 Å². The summed E-state index contributed by atoms with van der Waals surface area (Å²) in [7, 11) is 1.61. The molecule has 6 nitrogen and oxygen atoms in total. The van der Waals surface area contributed by atoms with Crippen molar-refractivity contribution in [1.29, 1.82) is 0 Å². The van der Waals surface area contributed by atoms with E-state index in [1.54, 1.807) is 30.7 Å². The van der Waals surface area contributed by atoms with Crippen LogP contribution in [0.2, 0.25) is 0 Å². The second-order valence-electron chi connectivity index (χ2n) is 10.4. The number of hydrogen-bond acceptors (Lipinski definition) is 6. The van der Waals surface area contributed by atoms with Crippen molar-refractivity contribution in [3.63, 3.8) is 0 Å². The SMILES string of the molecule is COc1cc(C(=O)N2CCC3(CC2)CC(=O)c2nc(C(C)(C)C)sc2C3)c2ncccc2c1. The maximum absolute atomic E-state index is 13.5. The fourth-order valence-corrected chi connectivity index (χ4v) is 6.30. The molecule has 1 saturated heterocycles. The van der Waals surface area contributed by atoms with Gasteiger partial charge in [-0.25, -0.2) is 4.98 Å². The molecule has 0 saturated carbocycles. The summed E-state index contributed by atoms with van der Waals surface area (Å²) in [5, 5.41) is 1.92. The molecule has 1 aliphatic carbocycles. The van der Waals surface area contributed by atoms with Gasteiger partial charge in [-0.2, -0.15) is 0 Å². The van der Waals surface area contributed by atoms with Crippen LogP contribution in [0.25, 0.3) is 10.9 Å². The molecule has 1 fully saturated rings. The van der Waals surface area contributed by atoms with Gasteiger partial charge in [-0.15, -0.1) is 11.3 Å². The first-order valence-corrected chi connectivity index (χ1v) is 12.3. The summed E-state index contributed by atoms with van der Waals surface area (Å²) in [4.78, 5) is 38.7. The minimum absolute atomic E-state index is 0.0249. The molecular formula is C26H29N3O3S. The molecule has 0 unspecified atom stereocenters. The molecule has 1 aromatic carbocycles.